The molecule has 1 aromatic carbocycles. The van der Waals surface area contributed by atoms with E-state index in [1.165, 1.54) is 12.1 Å². The van der Waals surface area contributed by atoms with Crippen molar-refractivity contribution >= 4 is 43.3 Å². The van der Waals surface area contributed by atoms with Crippen molar-refractivity contribution in [1.29, 1.82) is 0 Å². The number of benzene rings is 1. The number of ether oxygens (including phenoxy) is 1. The largest absolute Gasteiger partial charge is 0.451 e. The Balaban J connectivity index is 1.44. The highest BCUT2D eigenvalue weighted by Crippen LogP contribution is 2.30. The lowest BCUT2D eigenvalue weighted by Crippen LogP contribution is -2.38. The number of nitrogens with one attached hydrogen (secondary N) is 1. The normalized spacial score (nSPS) is 17.9. The highest BCUT2D eigenvalue weighted by atomic mass is 32.2. The van der Waals surface area contributed by atoms with Gasteiger partial charge in [-0.2, -0.15) is 5.10 Å². The first-order valence-electron chi connectivity index (χ1n) is 9.14. The van der Waals surface area contributed by atoms with E-state index >= 15 is 0 Å². The van der Waals surface area contributed by atoms with Crippen molar-refractivity contribution in [1.82, 2.24) is 15.1 Å². The number of carbonyl (C=O) groups excluding carboxylic acids is 2. The number of aromatic nitrogens is 2. The number of aryl methyl sites for hydroxylation is 1. The first-order chi connectivity index (χ1) is 14.2. The molecule has 1 amide bonds. The number of hydrogen-bond donors (Lipinski definition) is 1. The molecule has 1 fully saturated rings. The van der Waals surface area contributed by atoms with Crippen molar-refractivity contribution in [2.45, 2.75) is 19.4 Å². The van der Waals surface area contributed by atoms with E-state index < -0.39 is 34.4 Å². The number of thiophene rings is 1. The van der Waals surface area contributed by atoms with Crippen LogP contribution in [0.15, 0.2) is 30.3 Å². The van der Waals surface area contributed by atoms with E-state index in [2.05, 4.69) is 10.4 Å². The van der Waals surface area contributed by atoms with Crippen LogP contribution in [0.3, 0.4) is 0 Å². The van der Waals surface area contributed by atoms with Gasteiger partial charge in [-0.05, 0) is 43.7 Å². The van der Waals surface area contributed by atoms with Gasteiger partial charge in [0.1, 0.15) is 15.5 Å². The Morgan fingerprint density at radius 3 is 2.73 bits per heavy atom. The molecule has 1 saturated heterocycles. The van der Waals surface area contributed by atoms with Gasteiger partial charge in [-0.3, -0.25) is 4.79 Å². The van der Waals surface area contributed by atoms with Crippen LogP contribution >= 0.6 is 11.3 Å². The molecule has 3 heterocycles. The zero-order valence-corrected chi connectivity index (χ0v) is 17.6. The molecule has 2 aromatic heterocycles. The molecule has 1 N–H and O–H groups in total. The summed E-state index contributed by atoms with van der Waals surface area (Å²) in [4.78, 5) is 25.4. The van der Waals surface area contributed by atoms with Crippen molar-refractivity contribution in [2.75, 3.05) is 18.1 Å². The van der Waals surface area contributed by atoms with Crippen LogP contribution in [0.1, 0.15) is 21.8 Å². The van der Waals surface area contributed by atoms with Crippen LogP contribution in [0.4, 0.5) is 4.39 Å². The summed E-state index contributed by atoms with van der Waals surface area (Å²) >= 11 is 1.16. The summed E-state index contributed by atoms with van der Waals surface area (Å²) < 4.78 is 42.8. The predicted molar refractivity (Wildman–Crippen MR) is 109 cm³/mol. The number of rotatable bonds is 5. The van der Waals surface area contributed by atoms with Crippen LogP contribution in [-0.2, 0) is 19.4 Å². The number of fused-ring (bicyclic) bond motifs is 1. The molecule has 11 heteroatoms. The minimum absolute atomic E-state index is 0.0456. The van der Waals surface area contributed by atoms with E-state index in [0.29, 0.717) is 27.5 Å². The fourth-order valence-electron chi connectivity index (χ4n) is 3.29. The molecule has 8 nitrogen and oxygen atoms in total. The van der Waals surface area contributed by atoms with E-state index in [0.717, 1.165) is 16.7 Å². The minimum atomic E-state index is -3.11. The number of nitrogens with zero attached hydrogens (tertiary/aromatic N) is 2. The van der Waals surface area contributed by atoms with Crippen LogP contribution in [0.2, 0.25) is 0 Å². The Morgan fingerprint density at radius 1 is 1.33 bits per heavy atom. The Hall–Kier alpha value is -2.79. The number of esters is 1. The van der Waals surface area contributed by atoms with Gasteiger partial charge in [0.25, 0.3) is 5.91 Å². The molecular weight excluding hydrogens is 433 g/mol. The summed E-state index contributed by atoms with van der Waals surface area (Å²) in [5.41, 5.74) is 1.35. The maximum absolute atomic E-state index is 13.2. The van der Waals surface area contributed by atoms with Crippen LogP contribution < -0.4 is 5.32 Å². The number of amides is 1. The van der Waals surface area contributed by atoms with E-state index in [1.54, 1.807) is 29.8 Å². The average molecular weight is 452 g/mol. The highest BCUT2D eigenvalue weighted by Gasteiger charge is 2.29. The molecule has 1 aliphatic heterocycles. The first kappa shape index (κ1) is 20.5. The molecule has 1 atom stereocenters. The van der Waals surface area contributed by atoms with Crippen molar-refractivity contribution in [3.63, 3.8) is 0 Å². The zero-order valence-electron chi connectivity index (χ0n) is 15.9. The maximum Gasteiger partial charge on any atom is 0.348 e. The lowest BCUT2D eigenvalue weighted by Gasteiger charge is -2.10. The van der Waals surface area contributed by atoms with E-state index in [9.17, 15) is 22.4 Å². The number of sulfone groups is 1. The maximum atomic E-state index is 13.2. The molecule has 1 unspecified atom stereocenters. The number of halogens is 1. The molecule has 3 aromatic rings. The highest BCUT2D eigenvalue weighted by molar-refractivity contribution is 7.91. The molecule has 0 aliphatic carbocycles. The summed E-state index contributed by atoms with van der Waals surface area (Å²) in [5, 5.41) is 7.76. The third kappa shape index (κ3) is 4.21. The summed E-state index contributed by atoms with van der Waals surface area (Å²) in [6, 6.07) is 7.03. The summed E-state index contributed by atoms with van der Waals surface area (Å²) in [5.74, 6) is -1.61. The summed E-state index contributed by atoms with van der Waals surface area (Å²) in [7, 11) is -3.11. The second-order valence-corrected chi connectivity index (χ2v) is 10.3. The lowest BCUT2D eigenvalue weighted by molar-refractivity contribution is -0.124. The second-order valence-electron chi connectivity index (χ2n) is 7.05. The lowest BCUT2D eigenvalue weighted by atomic mass is 10.2. The first-order valence-corrected chi connectivity index (χ1v) is 11.8. The monoisotopic (exact) mass is 451 g/mol. The van der Waals surface area contributed by atoms with Gasteiger partial charge in [0.2, 0.25) is 0 Å². The zero-order chi connectivity index (χ0) is 21.5. The van der Waals surface area contributed by atoms with Gasteiger partial charge in [0, 0.05) is 11.4 Å². The Morgan fingerprint density at radius 2 is 2.07 bits per heavy atom. The topological polar surface area (TPSA) is 107 Å². The molecule has 0 saturated carbocycles. The van der Waals surface area contributed by atoms with Crippen LogP contribution in [0, 0.1) is 12.7 Å². The van der Waals surface area contributed by atoms with Gasteiger partial charge < -0.3 is 10.1 Å². The molecule has 0 bridgehead atoms. The molecule has 0 radical (unpaired) electrons. The third-order valence-corrected chi connectivity index (χ3v) is 7.61. The Labute approximate surface area is 175 Å². The quantitative estimate of drug-likeness (QED) is 0.595. The standard InChI is InChI=1S/C19H18FN3O5S2/c1-11-15-8-16(29-18(15)23(22-11)14-4-2-12(20)3-5-14)19(25)28-9-17(24)21-13-6-7-30(26,27)10-13/h2-5,8,13H,6-7,9-10H2,1H3,(H,21,24). The second kappa shape index (κ2) is 7.80. The van der Waals surface area contributed by atoms with Crippen LogP contribution in [-0.4, -0.2) is 54.2 Å². The SMILES string of the molecule is Cc1nn(-c2ccc(F)cc2)c2sc(C(=O)OCC(=O)NC3CCS(=O)(=O)C3)cc12. The van der Waals surface area contributed by atoms with E-state index in [1.807, 2.05) is 0 Å². The predicted octanol–water partition coefficient (Wildman–Crippen LogP) is 1.99. The fourth-order valence-corrected chi connectivity index (χ4v) is 6.04. The summed E-state index contributed by atoms with van der Waals surface area (Å²) in [6.07, 6.45) is 0.359. The van der Waals surface area contributed by atoms with E-state index in [-0.39, 0.29) is 17.3 Å². The van der Waals surface area contributed by atoms with Gasteiger partial charge in [-0.25, -0.2) is 22.3 Å². The smallest absolute Gasteiger partial charge is 0.348 e. The molecule has 0 spiro atoms. The van der Waals surface area contributed by atoms with Crippen molar-refractivity contribution < 1.29 is 27.1 Å². The van der Waals surface area contributed by atoms with Crippen LogP contribution in [0.5, 0.6) is 0 Å². The fraction of sp³-hybridized carbons (Fsp3) is 0.316. The minimum Gasteiger partial charge on any atom is -0.451 e. The van der Waals surface area contributed by atoms with Crippen molar-refractivity contribution in [2.24, 2.45) is 0 Å². The number of hydrogen-bond acceptors (Lipinski definition) is 7. The molecule has 4 rings (SSSR count). The molecule has 1 aliphatic rings. The molecule has 30 heavy (non-hydrogen) atoms. The van der Waals surface area contributed by atoms with Gasteiger partial charge in [-0.1, -0.05) is 0 Å². The van der Waals surface area contributed by atoms with Crippen LogP contribution in [0.25, 0.3) is 15.9 Å². The number of carbonyl (C=O) groups is 2. The van der Waals surface area contributed by atoms with Crippen molar-refractivity contribution in [3.05, 3.63) is 46.7 Å². The Kier molecular flexibility index (Phi) is 5.33. The van der Waals surface area contributed by atoms with Gasteiger partial charge >= 0.3 is 5.97 Å². The van der Waals surface area contributed by atoms with E-state index in [4.69, 9.17) is 4.74 Å². The Bertz CT molecular complexity index is 1230. The average Bonchev–Trinajstić information content (AvgIpc) is 3.35. The third-order valence-electron chi connectivity index (χ3n) is 4.75. The summed E-state index contributed by atoms with van der Waals surface area (Å²) in [6.45, 7) is 1.31. The molecule has 158 valence electrons. The van der Waals surface area contributed by atoms with Gasteiger partial charge in [-0.15, -0.1) is 11.3 Å². The van der Waals surface area contributed by atoms with Crippen molar-refractivity contribution in [3.8, 4) is 5.69 Å². The molecular formula is C19H18FN3O5S2. The van der Waals surface area contributed by atoms with Gasteiger partial charge in [0.05, 0.1) is 22.9 Å². The van der Waals surface area contributed by atoms with Gasteiger partial charge in [0.15, 0.2) is 16.4 Å².